The van der Waals surface area contributed by atoms with E-state index in [0.717, 1.165) is 31.2 Å². The van der Waals surface area contributed by atoms with Crippen LogP contribution in [0.4, 0.5) is 0 Å². The number of allylic oxidation sites excluding steroid dienone is 1. The summed E-state index contributed by atoms with van der Waals surface area (Å²) >= 11 is 6.02. The highest BCUT2D eigenvalue weighted by atomic mass is 35.5. The number of carbonyl (C=O) groups excluding carboxylic acids is 1. The standard InChI is InChI=1S/C20H26ClNO2/c1-3-11-20(2)12-10-17(14-6-8-16(21)9-7-14)22(19(20)24)18(13-23)15-4-5-15/h3,6-9,15,17-18,23H,1,4-5,10-13H2,2H3/t17-,18?,20?/m0/s1. The van der Waals surface area contributed by atoms with Crippen molar-refractivity contribution in [3.63, 3.8) is 0 Å². The van der Waals surface area contributed by atoms with Crippen molar-refractivity contribution in [3.8, 4) is 0 Å². The van der Waals surface area contributed by atoms with Gasteiger partial charge in [-0.15, -0.1) is 6.58 Å². The molecule has 3 atom stereocenters. The molecule has 1 aliphatic carbocycles. The molecule has 1 amide bonds. The van der Waals surface area contributed by atoms with Gasteiger partial charge in [-0.25, -0.2) is 0 Å². The maximum Gasteiger partial charge on any atom is 0.229 e. The number of amides is 1. The predicted octanol–water partition coefficient (Wildman–Crippen LogP) is 4.36. The molecule has 0 radical (unpaired) electrons. The highest BCUT2D eigenvalue weighted by Gasteiger charge is 2.49. The van der Waals surface area contributed by atoms with Gasteiger partial charge in [0.05, 0.1) is 24.1 Å². The summed E-state index contributed by atoms with van der Waals surface area (Å²) in [6, 6.07) is 7.70. The minimum absolute atomic E-state index is 0.0189. The molecule has 2 fully saturated rings. The van der Waals surface area contributed by atoms with Crippen LogP contribution < -0.4 is 0 Å². The number of halogens is 1. The molecule has 3 nitrogen and oxygen atoms in total. The van der Waals surface area contributed by atoms with Crippen LogP contribution in [-0.4, -0.2) is 28.6 Å². The fourth-order valence-corrected chi connectivity index (χ4v) is 4.13. The first-order valence-electron chi connectivity index (χ1n) is 8.80. The molecule has 1 saturated heterocycles. The Labute approximate surface area is 149 Å². The van der Waals surface area contributed by atoms with Gasteiger partial charge in [0.2, 0.25) is 5.91 Å². The van der Waals surface area contributed by atoms with Crippen molar-refractivity contribution >= 4 is 17.5 Å². The van der Waals surface area contributed by atoms with E-state index < -0.39 is 5.41 Å². The van der Waals surface area contributed by atoms with E-state index >= 15 is 0 Å². The van der Waals surface area contributed by atoms with Crippen LogP contribution in [0.15, 0.2) is 36.9 Å². The number of aliphatic hydroxyl groups is 1. The van der Waals surface area contributed by atoms with Crippen LogP contribution in [-0.2, 0) is 4.79 Å². The predicted molar refractivity (Wildman–Crippen MR) is 96.8 cm³/mol. The molecule has 0 spiro atoms. The highest BCUT2D eigenvalue weighted by molar-refractivity contribution is 6.30. The van der Waals surface area contributed by atoms with Crippen LogP contribution in [0.3, 0.4) is 0 Å². The number of hydrogen-bond acceptors (Lipinski definition) is 2. The van der Waals surface area contributed by atoms with Gasteiger partial charge in [-0.2, -0.15) is 0 Å². The SMILES string of the molecule is C=CCC1(C)CC[C@@H](c2ccc(Cl)cc2)N(C(CO)C2CC2)C1=O. The molecule has 1 heterocycles. The Morgan fingerprint density at radius 3 is 2.58 bits per heavy atom. The van der Waals surface area contributed by atoms with Gasteiger partial charge < -0.3 is 10.0 Å². The van der Waals surface area contributed by atoms with Crippen molar-refractivity contribution in [2.24, 2.45) is 11.3 Å². The zero-order valence-corrected chi connectivity index (χ0v) is 15.0. The molecule has 2 unspecified atom stereocenters. The van der Waals surface area contributed by atoms with Crippen LogP contribution in [0, 0.1) is 11.3 Å². The van der Waals surface area contributed by atoms with E-state index in [4.69, 9.17) is 11.6 Å². The number of nitrogens with zero attached hydrogens (tertiary/aromatic N) is 1. The van der Waals surface area contributed by atoms with E-state index in [1.165, 1.54) is 0 Å². The lowest BCUT2D eigenvalue weighted by Crippen LogP contribution is -2.54. The number of benzene rings is 1. The third kappa shape index (κ3) is 3.25. The second-order valence-electron chi connectivity index (χ2n) is 7.46. The summed E-state index contributed by atoms with van der Waals surface area (Å²) < 4.78 is 0. The Hall–Kier alpha value is -1.32. The van der Waals surface area contributed by atoms with E-state index in [1.807, 2.05) is 42.2 Å². The van der Waals surface area contributed by atoms with Crippen molar-refractivity contribution in [2.45, 2.75) is 51.1 Å². The second kappa shape index (κ2) is 6.89. The summed E-state index contributed by atoms with van der Waals surface area (Å²) in [5, 5.41) is 10.7. The molecule has 1 aromatic rings. The fraction of sp³-hybridized carbons (Fsp3) is 0.550. The van der Waals surface area contributed by atoms with E-state index in [9.17, 15) is 9.90 Å². The molecule has 2 aliphatic rings. The average Bonchev–Trinajstić information content (AvgIpc) is 3.39. The lowest BCUT2D eigenvalue weighted by Gasteiger charge is -2.48. The molecule has 1 saturated carbocycles. The van der Waals surface area contributed by atoms with E-state index in [-0.39, 0.29) is 24.6 Å². The molecular weight excluding hydrogens is 322 g/mol. The van der Waals surface area contributed by atoms with Crippen LogP contribution in [0.5, 0.6) is 0 Å². The summed E-state index contributed by atoms with van der Waals surface area (Å²) in [4.78, 5) is 15.3. The topological polar surface area (TPSA) is 40.5 Å². The maximum atomic E-state index is 13.4. The molecule has 1 N–H and O–H groups in total. The molecule has 1 aromatic carbocycles. The summed E-state index contributed by atoms with van der Waals surface area (Å²) in [5.74, 6) is 0.583. The van der Waals surface area contributed by atoms with Crippen molar-refractivity contribution < 1.29 is 9.90 Å². The van der Waals surface area contributed by atoms with Gasteiger partial charge in [-0.3, -0.25) is 4.79 Å². The molecule has 4 heteroatoms. The maximum absolute atomic E-state index is 13.4. The summed E-state index contributed by atoms with van der Waals surface area (Å²) in [7, 11) is 0. The van der Waals surface area contributed by atoms with Gasteiger partial charge in [-0.1, -0.05) is 36.7 Å². The Morgan fingerprint density at radius 1 is 1.38 bits per heavy atom. The Bertz CT molecular complexity index is 611. The first-order chi connectivity index (χ1) is 11.5. The first-order valence-corrected chi connectivity index (χ1v) is 9.18. The first kappa shape index (κ1) is 17.5. The normalized spacial score (nSPS) is 28.7. The van der Waals surface area contributed by atoms with Gasteiger partial charge in [-0.05, 0) is 55.7 Å². The van der Waals surface area contributed by atoms with Gasteiger partial charge >= 0.3 is 0 Å². The van der Waals surface area contributed by atoms with Crippen molar-refractivity contribution in [1.29, 1.82) is 0 Å². The van der Waals surface area contributed by atoms with E-state index in [0.29, 0.717) is 17.4 Å². The van der Waals surface area contributed by atoms with Crippen LogP contribution in [0.1, 0.15) is 50.6 Å². The second-order valence-corrected chi connectivity index (χ2v) is 7.90. The van der Waals surface area contributed by atoms with Crippen molar-refractivity contribution in [3.05, 3.63) is 47.5 Å². The number of aliphatic hydroxyl groups excluding tert-OH is 1. The number of hydrogen-bond donors (Lipinski definition) is 1. The summed E-state index contributed by atoms with van der Waals surface area (Å²) in [6.45, 7) is 5.89. The monoisotopic (exact) mass is 347 g/mol. The summed E-state index contributed by atoms with van der Waals surface area (Å²) in [6.07, 6.45) is 6.45. The quantitative estimate of drug-likeness (QED) is 0.777. The van der Waals surface area contributed by atoms with Gasteiger partial charge in [0, 0.05) is 5.02 Å². The minimum Gasteiger partial charge on any atom is -0.394 e. The van der Waals surface area contributed by atoms with Crippen LogP contribution >= 0.6 is 11.6 Å². The van der Waals surface area contributed by atoms with Crippen molar-refractivity contribution in [2.75, 3.05) is 6.61 Å². The molecule has 24 heavy (non-hydrogen) atoms. The smallest absolute Gasteiger partial charge is 0.229 e. The lowest BCUT2D eigenvalue weighted by molar-refractivity contribution is -0.154. The molecule has 130 valence electrons. The molecule has 0 bridgehead atoms. The number of piperidine rings is 1. The number of carbonyl (C=O) groups is 1. The van der Waals surface area contributed by atoms with Crippen molar-refractivity contribution in [1.82, 2.24) is 4.90 Å². The average molecular weight is 348 g/mol. The van der Waals surface area contributed by atoms with E-state index in [2.05, 4.69) is 6.58 Å². The van der Waals surface area contributed by atoms with Crippen LogP contribution in [0.2, 0.25) is 5.02 Å². The number of rotatable bonds is 6. The Balaban J connectivity index is 1.96. The molecular formula is C20H26ClNO2. The Morgan fingerprint density at radius 2 is 2.04 bits per heavy atom. The third-order valence-electron chi connectivity index (χ3n) is 5.62. The van der Waals surface area contributed by atoms with E-state index in [1.54, 1.807) is 0 Å². The largest absolute Gasteiger partial charge is 0.394 e. The summed E-state index contributed by atoms with van der Waals surface area (Å²) in [5.41, 5.74) is 0.694. The molecule has 1 aliphatic heterocycles. The Kier molecular flexibility index (Phi) is 5.03. The third-order valence-corrected chi connectivity index (χ3v) is 5.87. The lowest BCUT2D eigenvalue weighted by atomic mass is 9.74. The zero-order chi connectivity index (χ0) is 17.3. The van der Waals surface area contributed by atoms with Gasteiger partial charge in [0.1, 0.15) is 0 Å². The van der Waals surface area contributed by atoms with Gasteiger partial charge in [0.25, 0.3) is 0 Å². The molecule has 0 aromatic heterocycles. The zero-order valence-electron chi connectivity index (χ0n) is 14.2. The minimum atomic E-state index is -0.410. The highest BCUT2D eigenvalue weighted by Crippen LogP contribution is 2.47. The van der Waals surface area contributed by atoms with Crippen LogP contribution in [0.25, 0.3) is 0 Å². The molecule has 3 rings (SSSR count). The number of likely N-dealkylation sites (tertiary alicyclic amines) is 1. The van der Waals surface area contributed by atoms with Gasteiger partial charge in [0.15, 0.2) is 0 Å². The fourth-order valence-electron chi connectivity index (χ4n) is 4.00.